The summed E-state index contributed by atoms with van der Waals surface area (Å²) in [5.74, 6) is 2.66. The number of halogens is 1. The number of nitrogens with one attached hydrogen (secondary N) is 1. The molecule has 1 aliphatic heterocycles. The predicted octanol–water partition coefficient (Wildman–Crippen LogP) is 7.47. The van der Waals surface area contributed by atoms with Crippen LogP contribution in [0.4, 0.5) is 10.5 Å². The largest absolute Gasteiger partial charge is 0.457 e. The van der Waals surface area contributed by atoms with Gasteiger partial charge in [-0.15, -0.1) is 0 Å². The van der Waals surface area contributed by atoms with Crippen LogP contribution < -0.4 is 19.5 Å². The molecule has 1 N–H and O–H groups in total. The van der Waals surface area contributed by atoms with Crippen molar-refractivity contribution in [1.29, 1.82) is 0 Å². The summed E-state index contributed by atoms with van der Waals surface area (Å²) < 4.78 is 18.1. The van der Waals surface area contributed by atoms with E-state index in [1.165, 1.54) is 4.68 Å². The lowest BCUT2D eigenvalue weighted by Crippen LogP contribution is -2.19. The van der Waals surface area contributed by atoms with E-state index in [-0.39, 0.29) is 6.79 Å². The van der Waals surface area contributed by atoms with Crippen molar-refractivity contribution in [2.75, 3.05) is 12.1 Å². The van der Waals surface area contributed by atoms with E-state index in [0.717, 1.165) is 16.7 Å². The first-order valence-corrected chi connectivity index (χ1v) is 11.9. The fourth-order valence-corrected chi connectivity index (χ4v) is 4.11. The van der Waals surface area contributed by atoms with Gasteiger partial charge in [-0.25, -0.2) is 4.79 Å². The summed E-state index contributed by atoms with van der Waals surface area (Å²) >= 11 is 5.92. The van der Waals surface area contributed by atoms with Gasteiger partial charge in [-0.3, -0.25) is 0 Å². The van der Waals surface area contributed by atoms with Gasteiger partial charge < -0.3 is 19.5 Å². The highest BCUT2D eigenvalue weighted by Crippen LogP contribution is 2.39. The number of aromatic nitrogens is 2. The van der Waals surface area contributed by atoms with Crippen molar-refractivity contribution in [1.82, 2.24) is 9.78 Å². The van der Waals surface area contributed by atoms with Crippen molar-refractivity contribution in [3.63, 3.8) is 0 Å². The van der Waals surface area contributed by atoms with Crippen LogP contribution in [-0.2, 0) is 0 Å². The molecular formula is C29H20ClN3O4. The van der Waals surface area contributed by atoms with Crippen molar-refractivity contribution in [3.05, 3.63) is 108 Å². The number of carbonyl (C=O) groups excluding carboxylic acids is 1. The maximum absolute atomic E-state index is 13.1. The van der Waals surface area contributed by atoms with Crippen molar-refractivity contribution in [2.24, 2.45) is 0 Å². The highest BCUT2D eigenvalue weighted by atomic mass is 35.5. The maximum Gasteiger partial charge on any atom is 0.346 e. The molecule has 0 bridgehead atoms. The second-order valence-electron chi connectivity index (χ2n) is 8.28. The van der Waals surface area contributed by atoms with Crippen molar-refractivity contribution in [2.45, 2.75) is 0 Å². The summed E-state index contributed by atoms with van der Waals surface area (Å²) in [6.45, 7) is 0.190. The molecule has 1 amide bonds. The molecule has 5 aromatic rings. The van der Waals surface area contributed by atoms with Crippen molar-refractivity contribution < 1.29 is 19.0 Å². The number of fused-ring (bicyclic) bond motifs is 1. The van der Waals surface area contributed by atoms with E-state index in [1.54, 1.807) is 54.7 Å². The number of hydrogen-bond acceptors (Lipinski definition) is 5. The Bertz CT molecular complexity index is 1570. The number of ether oxygens (including phenoxy) is 3. The van der Waals surface area contributed by atoms with E-state index in [1.807, 2.05) is 48.5 Å². The van der Waals surface area contributed by atoms with Crippen LogP contribution in [0.25, 0.3) is 22.4 Å². The van der Waals surface area contributed by atoms with Gasteiger partial charge in [0.2, 0.25) is 6.79 Å². The van der Waals surface area contributed by atoms with Gasteiger partial charge in [-0.1, -0.05) is 48.0 Å². The molecular weight excluding hydrogens is 490 g/mol. The minimum absolute atomic E-state index is 0.190. The third-order valence-electron chi connectivity index (χ3n) is 5.81. The Labute approximate surface area is 217 Å². The molecule has 1 aromatic heterocycles. The summed E-state index contributed by atoms with van der Waals surface area (Å²) in [6, 6.07) is 29.2. The molecule has 0 radical (unpaired) electrons. The van der Waals surface area contributed by atoms with E-state index in [2.05, 4.69) is 10.4 Å². The summed E-state index contributed by atoms with van der Waals surface area (Å²) in [7, 11) is 0. The van der Waals surface area contributed by atoms with Gasteiger partial charge in [0.25, 0.3) is 0 Å². The number of carbonyl (C=O) groups is 1. The molecule has 7 nitrogen and oxygen atoms in total. The van der Waals surface area contributed by atoms with Gasteiger partial charge in [0.1, 0.15) is 17.2 Å². The van der Waals surface area contributed by atoms with Gasteiger partial charge in [-0.2, -0.15) is 9.78 Å². The van der Waals surface area contributed by atoms with Gasteiger partial charge in [-0.05, 0) is 66.2 Å². The molecule has 8 heteroatoms. The maximum atomic E-state index is 13.1. The normalized spacial score (nSPS) is 11.8. The Morgan fingerprint density at radius 2 is 1.54 bits per heavy atom. The molecule has 0 fully saturated rings. The average Bonchev–Trinajstić information content (AvgIpc) is 3.59. The zero-order valence-electron chi connectivity index (χ0n) is 19.4. The number of rotatable bonds is 5. The lowest BCUT2D eigenvalue weighted by molar-refractivity contribution is 0.174. The molecule has 182 valence electrons. The van der Waals surface area contributed by atoms with Crippen LogP contribution in [0.1, 0.15) is 0 Å². The standard InChI is InChI=1S/C29H20ClN3O4/c30-21-7-11-23(12-8-21)37-24-13-9-22(10-14-24)31-29(34)33-17-25(28(32-33)19-4-2-1-3-5-19)20-6-15-26-27(16-20)36-18-35-26/h1-17H,18H2,(H,31,34). The number of hydrogen-bond donors (Lipinski definition) is 1. The molecule has 37 heavy (non-hydrogen) atoms. The van der Waals surface area contributed by atoms with Crippen LogP contribution in [-0.4, -0.2) is 22.6 Å². The van der Waals surface area contributed by atoms with E-state index < -0.39 is 6.03 Å². The lowest BCUT2D eigenvalue weighted by Gasteiger charge is -2.08. The van der Waals surface area contributed by atoms with Crippen molar-refractivity contribution >= 4 is 23.3 Å². The van der Waals surface area contributed by atoms with Gasteiger partial charge in [0, 0.05) is 28.0 Å². The zero-order chi connectivity index (χ0) is 25.2. The average molecular weight is 510 g/mol. The Morgan fingerprint density at radius 3 is 2.30 bits per heavy atom. The third kappa shape index (κ3) is 4.85. The van der Waals surface area contributed by atoms with Crippen LogP contribution in [0.2, 0.25) is 5.02 Å². The molecule has 0 atom stereocenters. The molecule has 6 rings (SSSR count). The summed E-state index contributed by atoms with van der Waals surface area (Å²) in [5.41, 5.74) is 3.85. The van der Waals surface area contributed by atoms with Crippen LogP contribution in [0.15, 0.2) is 103 Å². The topological polar surface area (TPSA) is 74.6 Å². The summed E-state index contributed by atoms with van der Waals surface area (Å²) in [5, 5.41) is 8.15. The highest BCUT2D eigenvalue weighted by molar-refractivity contribution is 6.30. The molecule has 0 aliphatic carbocycles. The minimum Gasteiger partial charge on any atom is -0.457 e. The van der Waals surface area contributed by atoms with Gasteiger partial charge >= 0.3 is 6.03 Å². The molecule has 2 heterocycles. The first-order valence-electron chi connectivity index (χ1n) is 11.5. The second-order valence-corrected chi connectivity index (χ2v) is 8.72. The lowest BCUT2D eigenvalue weighted by atomic mass is 10.0. The first kappa shape index (κ1) is 22.7. The van der Waals surface area contributed by atoms with E-state index in [4.69, 9.17) is 25.8 Å². The monoisotopic (exact) mass is 509 g/mol. The number of amides is 1. The van der Waals surface area contributed by atoms with Crippen LogP contribution in [0, 0.1) is 0 Å². The first-order chi connectivity index (χ1) is 18.1. The molecule has 4 aromatic carbocycles. The van der Waals surface area contributed by atoms with Crippen LogP contribution >= 0.6 is 11.6 Å². The van der Waals surface area contributed by atoms with Crippen LogP contribution in [0.5, 0.6) is 23.0 Å². The Morgan fingerprint density at radius 1 is 0.838 bits per heavy atom. The SMILES string of the molecule is O=C(Nc1ccc(Oc2ccc(Cl)cc2)cc1)n1cc(-c2ccc3c(c2)OCO3)c(-c2ccccc2)n1. The van der Waals surface area contributed by atoms with E-state index in [9.17, 15) is 4.79 Å². The number of benzene rings is 4. The van der Waals surface area contributed by atoms with Gasteiger partial charge in [0.15, 0.2) is 11.5 Å². The molecule has 0 unspecified atom stereocenters. The predicted molar refractivity (Wildman–Crippen MR) is 142 cm³/mol. The smallest absolute Gasteiger partial charge is 0.346 e. The Balaban J connectivity index is 1.25. The zero-order valence-corrected chi connectivity index (χ0v) is 20.2. The highest BCUT2D eigenvalue weighted by Gasteiger charge is 2.20. The minimum atomic E-state index is -0.393. The summed E-state index contributed by atoms with van der Waals surface area (Å²) in [6.07, 6.45) is 1.72. The fourth-order valence-electron chi connectivity index (χ4n) is 3.99. The molecule has 0 saturated heterocycles. The molecule has 0 saturated carbocycles. The fraction of sp³-hybridized carbons (Fsp3) is 0.0345. The molecule has 1 aliphatic rings. The third-order valence-corrected chi connectivity index (χ3v) is 6.06. The quantitative estimate of drug-likeness (QED) is 0.266. The number of anilines is 1. The number of nitrogens with zero attached hydrogens (tertiary/aromatic N) is 2. The second kappa shape index (κ2) is 9.72. The summed E-state index contributed by atoms with van der Waals surface area (Å²) in [4.78, 5) is 13.1. The van der Waals surface area contributed by atoms with E-state index >= 15 is 0 Å². The van der Waals surface area contributed by atoms with Crippen LogP contribution in [0.3, 0.4) is 0 Å². The van der Waals surface area contributed by atoms with Crippen molar-refractivity contribution in [3.8, 4) is 45.4 Å². The Hall–Kier alpha value is -4.75. The Kier molecular flexibility index (Phi) is 5.96. The van der Waals surface area contributed by atoms with Gasteiger partial charge in [0.05, 0.1) is 0 Å². The van der Waals surface area contributed by atoms with E-state index in [0.29, 0.717) is 39.4 Å². The molecule has 0 spiro atoms.